The Morgan fingerprint density at radius 2 is 1.65 bits per heavy atom. The van der Waals surface area contributed by atoms with Crippen LogP contribution in [0.1, 0.15) is 26.4 Å². The van der Waals surface area contributed by atoms with Gasteiger partial charge in [-0.3, -0.25) is 4.79 Å². The monoisotopic (exact) mass is 723 g/mol. The van der Waals surface area contributed by atoms with Gasteiger partial charge in [0.05, 0.1) is 23.4 Å². The molecule has 0 fully saturated rings. The van der Waals surface area contributed by atoms with Crippen LogP contribution in [0, 0.1) is 0 Å². The van der Waals surface area contributed by atoms with Crippen molar-refractivity contribution in [3.8, 4) is 22.6 Å². The number of nitrogens with zero attached hydrogens (tertiary/aromatic N) is 1. The Morgan fingerprint density at radius 3 is 2.38 bits per heavy atom. The molecule has 0 aliphatic rings. The molecule has 0 unspecified atom stereocenters. The van der Waals surface area contributed by atoms with E-state index in [9.17, 15) is 9.59 Å². The van der Waals surface area contributed by atoms with Crippen molar-refractivity contribution in [2.45, 2.75) is 0 Å². The van der Waals surface area contributed by atoms with Crippen molar-refractivity contribution in [2.24, 2.45) is 5.10 Å². The van der Waals surface area contributed by atoms with Crippen LogP contribution in [0.2, 0.25) is 0 Å². The van der Waals surface area contributed by atoms with Gasteiger partial charge in [0.15, 0.2) is 5.75 Å². The van der Waals surface area contributed by atoms with Gasteiger partial charge in [-0.15, -0.1) is 0 Å². The molecule has 0 spiro atoms. The third kappa shape index (κ3) is 6.04. The van der Waals surface area contributed by atoms with E-state index in [1.54, 1.807) is 43.5 Å². The van der Waals surface area contributed by atoms with Gasteiger partial charge >= 0.3 is 5.97 Å². The highest BCUT2D eigenvalue weighted by atomic mass is 79.9. The normalized spacial score (nSPS) is 11.1. The molecule has 0 bridgehead atoms. The largest absolute Gasteiger partial charge is 0.497 e. The number of aromatic nitrogens is 1. The van der Waals surface area contributed by atoms with Crippen molar-refractivity contribution in [3.63, 3.8) is 0 Å². The summed E-state index contributed by atoms with van der Waals surface area (Å²) in [5.74, 6) is -0.0288. The van der Waals surface area contributed by atoms with E-state index in [4.69, 9.17) is 9.47 Å². The molecule has 40 heavy (non-hydrogen) atoms. The lowest BCUT2D eigenvalue weighted by molar-refractivity contribution is 0.0733. The molecule has 2 N–H and O–H groups in total. The first-order chi connectivity index (χ1) is 19.3. The number of nitrogens with one attached hydrogen (secondary N) is 2. The number of hydrogen-bond acceptors (Lipinski definition) is 5. The Labute approximate surface area is 255 Å². The topological polar surface area (TPSA) is 92.8 Å². The molecule has 1 aromatic heterocycles. The summed E-state index contributed by atoms with van der Waals surface area (Å²) >= 11 is 10.3. The summed E-state index contributed by atoms with van der Waals surface area (Å²) in [5, 5.41) is 5.03. The molecule has 10 heteroatoms. The molecule has 0 saturated carbocycles. The third-order valence-electron chi connectivity index (χ3n) is 5.98. The number of hydrazone groups is 1. The number of carbonyl (C=O) groups is 2. The van der Waals surface area contributed by atoms with Crippen molar-refractivity contribution < 1.29 is 19.1 Å². The summed E-state index contributed by atoms with van der Waals surface area (Å²) < 4.78 is 13.2. The molecular weight excluding hydrogens is 706 g/mol. The fraction of sp³-hybridized carbons (Fsp3) is 0.0333. The Bertz CT molecular complexity index is 1750. The van der Waals surface area contributed by atoms with Crippen LogP contribution in [-0.2, 0) is 0 Å². The fourth-order valence-corrected chi connectivity index (χ4v) is 5.71. The van der Waals surface area contributed by atoms with E-state index in [-0.39, 0.29) is 5.75 Å². The van der Waals surface area contributed by atoms with Crippen LogP contribution in [0.4, 0.5) is 0 Å². The van der Waals surface area contributed by atoms with E-state index in [2.05, 4.69) is 63.3 Å². The minimum atomic E-state index is -0.532. The number of amides is 1. The third-order valence-corrected chi connectivity index (χ3v) is 7.55. The Hall–Kier alpha value is -3.73. The number of fused-ring (bicyclic) bond motifs is 1. The van der Waals surface area contributed by atoms with Gasteiger partial charge in [0.1, 0.15) is 11.4 Å². The molecular formula is C30H20Br3N3O4. The minimum absolute atomic E-state index is 0.261. The average Bonchev–Trinajstić information content (AvgIpc) is 3.34. The second-order valence-electron chi connectivity index (χ2n) is 8.55. The molecule has 5 rings (SSSR count). The first kappa shape index (κ1) is 27.8. The number of aromatic amines is 1. The van der Waals surface area contributed by atoms with Crippen LogP contribution in [-0.4, -0.2) is 30.2 Å². The second-order valence-corrected chi connectivity index (χ2v) is 11.2. The number of esters is 1. The number of hydrogen-bond donors (Lipinski definition) is 2. The standard InChI is InChI=1S/C30H20Br3N3O4/c1-39-22-11-12-25-23(15-22)26(17-5-3-2-4-6-17)27(35-25)29(37)36-34-16-19-13-21(32)14-24(33)28(19)40-30(38)18-7-9-20(31)10-8-18/h2-16,35H,1H3,(H,36,37). The van der Waals surface area contributed by atoms with E-state index < -0.39 is 11.9 Å². The highest BCUT2D eigenvalue weighted by Crippen LogP contribution is 2.35. The number of H-pyrrole nitrogens is 1. The molecule has 200 valence electrons. The van der Waals surface area contributed by atoms with Gasteiger partial charge in [0, 0.05) is 31.0 Å². The predicted octanol–water partition coefficient (Wildman–Crippen LogP) is 8.11. The van der Waals surface area contributed by atoms with Gasteiger partial charge < -0.3 is 14.5 Å². The number of ether oxygens (including phenoxy) is 2. The number of halogens is 3. The first-order valence-electron chi connectivity index (χ1n) is 11.9. The minimum Gasteiger partial charge on any atom is -0.497 e. The van der Waals surface area contributed by atoms with Gasteiger partial charge in [-0.2, -0.15) is 5.10 Å². The number of carbonyl (C=O) groups excluding carboxylic acids is 2. The maximum Gasteiger partial charge on any atom is 0.343 e. The highest BCUT2D eigenvalue weighted by molar-refractivity contribution is 9.11. The van der Waals surface area contributed by atoms with E-state index in [1.807, 2.05) is 48.5 Å². The lowest BCUT2D eigenvalue weighted by Gasteiger charge is -2.11. The molecule has 0 radical (unpaired) electrons. The quantitative estimate of drug-likeness (QED) is 0.0768. The summed E-state index contributed by atoms with van der Waals surface area (Å²) in [7, 11) is 1.60. The number of benzene rings is 4. The zero-order chi connectivity index (χ0) is 28.2. The van der Waals surface area contributed by atoms with Gasteiger partial charge in [0.2, 0.25) is 0 Å². The van der Waals surface area contributed by atoms with E-state index in [1.165, 1.54) is 6.21 Å². The maximum absolute atomic E-state index is 13.4. The molecule has 1 heterocycles. The van der Waals surface area contributed by atoms with Crippen molar-refractivity contribution in [3.05, 3.63) is 115 Å². The summed E-state index contributed by atoms with van der Waals surface area (Å²) in [6.07, 6.45) is 1.42. The van der Waals surface area contributed by atoms with E-state index in [0.29, 0.717) is 27.0 Å². The van der Waals surface area contributed by atoms with Crippen LogP contribution >= 0.6 is 47.8 Å². The Balaban J connectivity index is 1.44. The van der Waals surface area contributed by atoms with Crippen LogP contribution in [0.25, 0.3) is 22.0 Å². The molecule has 0 aliphatic carbocycles. The summed E-state index contributed by atoms with van der Waals surface area (Å²) in [6, 6.07) is 25.5. The highest BCUT2D eigenvalue weighted by Gasteiger charge is 2.20. The fourth-order valence-electron chi connectivity index (χ4n) is 4.11. The summed E-state index contributed by atoms with van der Waals surface area (Å²) in [4.78, 5) is 29.4. The number of methoxy groups -OCH3 is 1. The van der Waals surface area contributed by atoms with Gasteiger partial charge in [-0.05, 0) is 76.1 Å². The van der Waals surface area contributed by atoms with Gasteiger partial charge in [0.25, 0.3) is 5.91 Å². The Morgan fingerprint density at radius 1 is 0.900 bits per heavy atom. The summed E-state index contributed by atoms with van der Waals surface area (Å²) in [5.41, 5.74) is 6.19. The van der Waals surface area contributed by atoms with Crippen LogP contribution in [0.3, 0.4) is 0 Å². The lowest BCUT2D eigenvalue weighted by Crippen LogP contribution is -2.19. The smallest absolute Gasteiger partial charge is 0.343 e. The lowest BCUT2D eigenvalue weighted by atomic mass is 10.0. The van der Waals surface area contributed by atoms with Crippen molar-refractivity contribution in [1.29, 1.82) is 0 Å². The van der Waals surface area contributed by atoms with Crippen molar-refractivity contribution in [1.82, 2.24) is 10.4 Å². The first-order valence-corrected chi connectivity index (χ1v) is 14.3. The van der Waals surface area contributed by atoms with Crippen molar-refractivity contribution >= 4 is 76.8 Å². The Kier molecular flexibility index (Phi) is 8.49. The molecule has 0 atom stereocenters. The number of rotatable bonds is 7. The molecule has 0 aliphatic heterocycles. The molecule has 4 aromatic carbocycles. The molecule has 7 nitrogen and oxygen atoms in total. The average molecular weight is 726 g/mol. The van der Waals surface area contributed by atoms with Crippen LogP contribution in [0.5, 0.6) is 11.5 Å². The molecule has 1 amide bonds. The van der Waals surface area contributed by atoms with Crippen LogP contribution in [0.15, 0.2) is 103 Å². The molecule has 0 saturated heterocycles. The predicted molar refractivity (Wildman–Crippen MR) is 166 cm³/mol. The van der Waals surface area contributed by atoms with E-state index in [0.717, 1.165) is 31.0 Å². The van der Waals surface area contributed by atoms with Gasteiger partial charge in [-0.1, -0.05) is 62.2 Å². The summed E-state index contributed by atoms with van der Waals surface area (Å²) in [6.45, 7) is 0. The second kappa shape index (κ2) is 12.2. The maximum atomic E-state index is 13.4. The van der Waals surface area contributed by atoms with Crippen molar-refractivity contribution in [2.75, 3.05) is 7.11 Å². The van der Waals surface area contributed by atoms with Gasteiger partial charge in [-0.25, -0.2) is 10.2 Å². The van der Waals surface area contributed by atoms with Crippen LogP contribution < -0.4 is 14.9 Å². The zero-order valence-electron chi connectivity index (χ0n) is 20.9. The van der Waals surface area contributed by atoms with E-state index >= 15 is 0 Å². The zero-order valence-corrected chi connectivity index (χ0v) is 25.6. The molecule has 5 aromatic rings. The SMILES string of the molecule is COc1ccc2[nH]c(C(=O)NN=Cc3cc(Br)cc(Br)c3OC(=O)c3ccc(Br)cc3)c(-c3ccccc3)c2c1.